The summed E-state index contributed by atoms with van der Waals surface area (Å²) in [6, 6.07) is 19.6. The van der Waals surface area contributed by atoms with Crippen LogP contribution in [0.1, 0.15) is 22.9 Å². The first-order chi connectivity index (χ1) is 13.2. The zero-order valence-electron chi connectivity index (χ0n) is 15.6. The van der Waals surface area contributed by atoms with Crippen LogP contribution < -0.4 is 10.1 Å². The summed E-state index contributed by atoms with van der Waals surface area (Å²) in [4.78, 5) is 15.0. The molecular formula is C22H23N3O2. The van der Waals surface area contributed by atoms with Crippen molar-refractivity contribution >= 4 is 11.7 Å². The molecule has 0 fully saturated rings. The Kier molecular flexibility index (Phi) is 4.59. The summed E-state index contributed by atoms with van der Waals surface area (Å²) in [5.41, 5.74) is 4.11. The van der Waals surface area contributed by atoms with Crippen LogP contribution in [0.25, 0.3) is 0 Å². The number of methoxy groups -OCH3 is 1. The molecule has 1 aliphatic heterocycles. The Hall–Kier alpha value is -3.21. The van der Waals surface area contributed by atoms with Crippen LogP contribution in [0.5, 0.6) is 5.75 Å². The van der Waals surface area contributed by atoms with E-state index in [9.17, 15) is 4.79 Å². The fraction of sp³-hybridized carbons (Fsp3) is 0.227. The first kappa shape index (κ1) is 17.2. The third kappa shape index (κ3) is 3.40. The van der Waals surface area contributed by atoms with Crippen LogP contribution >= 0.6 is 0 Å². The molecule has 1 unspecified atom stereocenters. The molecule has 0 saturated heterocycles. The molecule has 0 bridgehead atoms. The Balaban J connectivity index is 1.67. The Morgan fingerprint density at radius 1 is 1.07 bits per heavy atom. The average Bonchev–Trinajstić information content (AvgIpc) is 3.17. The summed E-state index contributed by atoms with van der Waals surface area (Å²) >= 11 is 0. The van der Waals surface area contributed by atoms with Crippen molar-refractivity contribution in [1.29, 1.82) is 0 Å². The van der Waals surface area contributed by atoms with Gasteiger partial charge in [-0.2, -0.15) is 0 Å². The first-order valence-corrected chi connectivity index (χ1v) is 9.09. The number of urea groups is 1. The van der Waals surface area contributed by atoms with Crippen molar-refractivity contribution in [2.75, 3.05) is 19.0 Å². The van der Waals surface area contributed by atoms with E-state index >= 15 is 0 Å². The van der Waals surface area contributed by atoms with Gasteiger partial charge in [0.25, 0.3) is 0 Å². The average molecular weight is 361 g/mol. The number of hydrogen-bond donors (Lipinski definition) is 1. The number of nitrogens with zero attached hydrogens (tertiary/aromatic N) is 2. The topological polar surface area (TPSA) is 46.5 Å². The van der Waals surface area contributed by atoms with Crippen molar-refractivity contribution in [3.63, 3.8) is 0 Å². The Labute approximate surface area is 159 Å². The van der Waals surface area contributed by atoms with Gasteiger partial charge in [-0.05, 0) is 48.9 Å². The molecule has 3 aromatic rings. The van der Waals surface area contributed by atoms with Gasteiger partial charge in [0.2, 0.25) is 0 Å². The number of hydrogen-bond acceptors (Lipinski definition) is 2. The van der Waals surface area contributed by atoms with Crippen molar-refractivity contribution < 1.29 is 9.53 Å². The SMILES string of the molecule is COc1cccc(C2c3cccn3CCN2C(=O)Nc2ccc(C)cc2)c1. The van der Waals surface area contributed by atoms with Crippen LogP contribution in [0, 0.1) is 6.92 Å². The van der Waals surface area contributed by atoms with E-state index in [1.165, 1.54) is 0 Å². The van der Waals surface area contributed by atoms with E-state index < -0.39 is 0 Å². The van der Waals surface area contributed by atoms with Gasteiger partial charge in [0.15, 0.2) is 0 Å². The predicted molar refractivity (Wildman–Crippen MR) is 106 cm³/mol. The fourth-order valence-electron chi connectivity index (χ4n) is 3.60. The maximum absolute atomic E-state index is 13.1. The molecule has 0 spiro atoms. The molecule has 2 amide bonds. The number of aryl methyl sites for hydroxylation is 1. The standard InChI is InChI=1S/C22H23N3O2/c1-16-8-10-18(11-9-16)23-22(26)25-14-13-24-12-4-7-20(24)21(25)17-5-3-6-19(15-17)27-2/h3-12,15,21H,13-14H2,1-2H3,(H,23,26). The van der Waals surface area contributed by atoms with E-state index in [4.69, 9.17) is 4.74 Å². The van der Waals surface area contributed by atoms with Crippen LogP contribution in [0.15, 0.2) is 66.9 Å². The van der Waals surface area contributed by atoms with Crippen LogP contribution in [0.3, 0.4) is 0 Å². The summed E-state index contributed by atoms with van der Waals surface area (Å²) in [7, 11) is 1.66. The van der Waals surface area contributed by atoms with Crippen molar-refractivity contribution in [2.24, 2.45) is 0 Å². The Bertz CT molecular complexity index is 946. The highest BCUT2D eigenvalue weighted by Crippen LogP contribution is 2.34. The van der Waals surface area contributed by atoms with E-state index in [0.717, 1.165) is 34.8 Å². The Morgan fingerprint density at radius 2 is 1.89 bits per heavy atom. The normalized spacial score (nSPS) is 15.9. The molecule has 0 radical (unpaired) electrons. The third-order valence-electron chi connectivity index (χ3n) is 5.01. The lowest BCUT2D eigenvalue weighted by Gasteiger charge is -2.37. The van der Waals surface area contributed by atoms with E-state index in [-0.39, 0.29) is 12.1 Å². The lowest BCUT2D eigenvalue weighted by atomic mass is 10.00. The minimum Gasteiger partial charge on any atom is -0.497 e. The number of ether oxygens (including phenoxy) is 1. The second-order valence-electron chi connectivity index (χ2n) is 6.80. The van der Waals surface area contributed by atoms with Gasteiger partial charge >= 0.3 is 6.03 Å². The van der Waals surface area contributed by atoms with E-state index in [2.05, 4.69) is 22.1 Å². The van der Waals surface area contributed by atoms with Gasteiger partial charge < -0.3 is 19.5 Å². The molecule has 5 nitrogen and oxygen atoms in total. The van der Waals surface area contributed by atoms with Gasteiger partial charge in [-0.3, -0.25) is 0 Å². The molecule has 2 heterocycles. The van der Waals surface area contributed by atoms with Crippen LogP contribution in [-0.2, 0) is 6.54 Å². The summed E-state index contributed by atoms with van der Waals surface area (Å²) in [5.74, 6) is 0.787. The minimum absolute atomic E-state index is 0.0980. The van der Waals surface area contributed by atoms with E-state index in [1.54, 1.807) is 7.11 Å². The molecule has 27 heavy (non-hydrogen) atoms. The smallest absolute Gasteiger partial charge is 0.322 e. The molecule has 0 saturated carbocycles. The number of rotatable bonds is 3. The molecule has 1 N–H and O–H groups in total. The molecule has 1 atom stereocenters. The van der Waals surface area contributed by atoms with E-state index in [0.29, 0.717) is 6.54 Å². The summed E-state index contributed by atoms with van der Waals surface area (Å²) in [6.45, 7) is 3.45. The highest BCUT2D eigenvalue weighted by Gasteiger charge is 2.32. The summed E-state index contributed by atoms with van der Waals surface area (Å²) in [6.07, 6.45) is 2.07. The molecule has 0 aliphatic carbocycles. The van der Waals surface area contributed by atoms with Gasteiger partial charge in [-0.15, -0.1) is 0 Å². The van der Waals surface area contributed by atoms with Gasteiger partial charge in [-0.1, -0.05) is 29.8 Å². The van der Waals surface area contributed by atoms with Gasteiger partial charge in [0, 0.05) is 30.7 Å². The monoisotopic (exact) mass is 361 g/mol. The third-order valence-corrected chi connectivity index (χ3v) is 5.01. The summed E-state index contributed by atoms with van der Waals surface area (Å²) < 4.78 is 7.60. The second-order valence-corrected chi connectivity index (χ2v) is 6.80. The number of anilines is 1. The second kappa shape index (κ2) is 7.19. The number of carbonyl (C=O) groups is 1. The number of benzene rings is 2. The zero-order valence-corrected chi connectivity index (χ0v) is 15.6. The summed E-state index contributed by atoms with van der Waals surface area (Å²) in [5, 5.41) is 3.04. The lowest BCUT2D eigenvalue weighted by molar-refractivity contribution is 0.181. The predicted octanol–water partition coefficient (Wildman–Crippen LogP) is 4.44. The van der Waals surface area contributed by atoms with Crippen molar-refractivity contribution in [1.82, 2.24) is 9.47 Å². The quantitative estimate of drug-likeness (QED) is 0.749. The number of carbonyl (C=O) groups excluding carboxylic acids is 1. The van der Waals surface area contributed by atoms with Crippen LogP contribution in [0.2, 0.25) is 0 Å². The number of aromatic nitrogens is 1. The van der Waals surface area contributed by atoms with E-state index in [1.807, 2.05) is 66.4 Å². The number of fused-ring (bicyclic) bond motifs is 1. The maximum Gasteiger partial charge on any atom is 0.322 e. The van der Waals surface area contributed by atoms with Crippen LogP contribution in [0.4, 0.5) is 10.5 Å². The Morgan fingerprint density at radius 3 is 2.67 bits per heavy atom. The highest BCUT2D eigenvalue weighted by atomic mass is 16.5. The van der Waals surface area contributed by atoms with Crippen molar-refractivity contribution in [3.8, 4) is 5.75 Å². The molecule has 1 aliphatic rings. The molecule has 5 heteroatoms. The molecule has 1 aromatic heterocycles. The van der Waals surface area contributed by atoms with Crippen LogP contribution in [-0.4, -0.2) is 29.2 Å². The largest absolute Gasteiger partial charge is 0.497 e. The lowest BCUT2D eigenvalue weighted by Crippen LogP contribution is -2.44. The fourth-order valence-corrected chi connectivity index (χ4v) is 3.60. The number of amides is 2. The van der Waals surface area contributed by atoms with Gasteiger partial charge in [0.05, 0.1) is 13.2 Å². The molecule has 4 rings (SSSR count). The van der Waals surface area contributed by atoms with Crippen molar-refractivity contribution in [2.45, 2.75) is 19.5 Å². The van der Waals surface area contributed by atoms with Gasteiger partial charge in [0.1, 0.15) is 5.75 Å². The minimum atomic E-state index is -0.158. The molecular weight excluding hydrogens is 338 g/mol. The first-order valence-electron chi connectivity index (χ1n) is 9.09. The highest BCUT2D eigenvalue weighted by molar-refractivity contribution is 5.90. The van der Waals surface area contributed by atoms with Crippen molar-refractivity contribution in [3.05, 3.63) is 83.7 Å². The molecule has 2 aromatic carbocycles. The van der Waals surface area contributed by atoms with Gasteiger partial charge in [-0.25, -0.2) is 4.79 Å². The zero-order chi connectivity index (χ0) is 18.8. The number of nitrogens with one attached hydrogen (secondary N) is 1. The molecule has 138 valence electrons. The maximum atomic E-state index is 13.1.